The molecule has 1 N–H and O–H groups in total. The topological polar surface area (TPSA) is 38.7 Å². The molecule has 3 saturated carbocycles. The van der Waals surface area contributed by atoms with Crippen LogP contribution >= 0.6 is 0 Å². The van der Waals surface area contributed by atoms with E-state index in [4.69, 9.17) is 9.31 Å². The lowest BCUT2D eigenvalue weighted by Gasteiger charge is -2.64. The van der Waals surface area contributed by atoms with Crippen LogP contribution in [0.25, 0.3) is 0 Å². The number of rotatable bonds is 0. The molecule has 0 spiro atoms. The molecule has 0 aromatic rings. The third-order valence-corrected chi connectivity index (χ3v) is 4.94. The first-order valence-corrected chi connectivity index (χ1v) is 5.46. The van der Waals surface area contributed by atoms with E-state index in [2.05, 4.69) is 20.8 Å². The van der Waals surface area contributed by atoms with Gasteiger partial charge in [-0.3, -0.25) is 0 Å². The van der Waals surface area contributed by atoms with E-state index >= 15 is 0 Å². The van der Waals surface area contributed by atoms with Crippen molar-refractivity contribution in [2.24, 2.45) is 17.3 Å². The Labute approximate surface area is 85.0 Å². The zero-order valence-corrected chi connectivity index (χ0v) is 8.99. The lowest BCUT2D eigenvalue weighted by molar-refractivity contribution is -0.199. The van der Waals surface area contributed by atoms with Crippen molar-refractivity contribution < 1.29 is 14.3 Å². The molecule has 4 aliphatic rings. The molecular weight excluding hydrogens is 179 g/mol. The van der Waals surface area contributed by atoms with Gasteiger partial charge in [-0.1, -0.05) is 13.8 Å². The highest BCUT2D eigenvalue weighted by Crippen LogP contribution is 2.65. The molecule has 4 rings (SSSR count). The van der Waals surface area contributed by atoms with Crippen LogP contribution in [0.3, 0.4) is 0 Å². The van der Waals surface area contributed by atoms with Crippen molar-refractivity contribution in [2.75, 3.05) is 0 Å². The lowest BCUT2D eigenvalue weighted by Crippen LogP contribution is -2.65. The van der Waals surface area contributed by atoms with Crippen molar-refractivity contribution in [2.45, 2.75) is 45.3 Å². The van der Waals surface area contributed by atoms with Gasteiger partial charge < -0.3 is 14.3 Å². The highest BCUT2D eigenvalue weighted by Gasteiger charge is 2.68. The molecule has 0 unspecified atom stereocenters. The maximum Gasteiger partial charge on any atom is 0.637 e. The van der Waals surface area contributed by atoms with Gasteiger partial charge in [0.05, 0.1) is 11.7 Å². The van der Waals surface area contributed by atoms with Crippen molar-refractivity contribution in [3.63, 3.8) is 0 Å². The molecule has 3 nitrogen and oxygen atoms in total. The van der Waals surface area contributed by atoms with Gasteiger partial charge in [-0.25, -0.2) is 0 Å². The Morgan fingerprint density at radius 1 is 1.29 bits per heavy atom. The van der Waals surface area contributed by atoms with Crippen molar-refractivity contribution >= 4 is 7.32 Å². The first-order chi connectivity index (χ1) is 6.44. The zero-order valence-electron chi connectivity index (χ0n) is 8.99. The second kappa shape index (κ2) is 2.37. The van der Waals surface area contributed by atoms with Crippen LogP contribution in [0.4, 0.5) is 0 Å². The van der Waals surface area contributed by atoms with Crippen LogP contribution in [0.2, 0.25) is 0 Å². The van der Waals surface area contributed by atoms with Crippen LogP contribution < -0.4 is 0 Å². The Balaban J connectivity index is 1.95. The Bertz CT molecular complexity index is 281. The fourth-order valence-electron chi connectivity index (χ4n) is 3.84. The largest absolute Gasteiger partial charge is 0.637 e. The predicted molar refractivity (Wildman–Crippen MR) is 52.3 cm³/mol. The average molecular weight is 196 g/mol. The summed E-state index contributed by atoms with van der Waals surface area (Å²) < 4.78 is 11.0. The Morgan fingerprint density at radius 3 is 2.64 bits per heavy atom. The molecule has 14 heavy (non-hydrogen) atoms. The molecule has 3 aliphatic carbocycles. The van der Waals surface area contributed by atoms with E-state index in [1.165, 1.54) is 6.42 Å². The summed E-state index contributed by atoms with van der Waals surface area (Å²) in [5.41, 5.74) is 0.107. The number of hydrogen-bond acceptors (Lipinski definition) is 3. The van der Waals surface area contributed by atoms with Gasteiger partial charge in [-0.05, 0) is 37.0 Å². The van der Waals surface area contributed by atoms with Crippen molar-refractivity contribution in [1.29, 1.82) is 0 Å². The van der Waals surface area contributed by atoms with E-state index < -0.39 is 7.32 Å². The predicted octanol–water partition coefficient (Wildman–Crippen LogP) is 1.20. The monoisotopic (exact) mass is 196 g/mol. The van der Waals surface area contributed by atoms with Gasteiger partial charge >= 0.3 is 7.32 Å². The maximum absolute atomic E-state index is 9.39. The van der Waals surface area contributed by atoms with E-state index in [0.717, 1.165) is 12.3 Å². The molecule has 0 radical (unpaired) electrons. The van der Waals surface area contributed by atoms with Crippen LogP contribution in [0.15, 0.2) is 0 Å². The van der Waals surface area contributed by atoms with Crippen LogP contribution in [0, 0.1) is 17.3 Å². The van der Waals surface area contributed by atoms with Gasteiger partial charge in [-0.15, -0.1) is 0 Å². The molecule has 4 fully saturated rings. The van der Waals surface area contributed by atoms with Gasteiger partial charge in [-0.2, -0.15) is 0 Å². The summed E-state index contributed by atoms with van der Waals surface area (Å²) in [6.07, 6.45) is 2.38. The standard InChI is InChI=1S/C10H17BO3/c1-9(2)6-4-7(9)10(3)8(5-6)13-11(12)14-10/h6-8,12H,4-5H2,1-3H3/t6-,7-,8+,10-/m0/s1. The van der Waals surface area contributed by atoms with Gasteiger partial charge in [0.15, 0.2) is 0 Å². The second-order valence-electron chi connectivity index (χ2n) is 5.78. The third kappa shape index (κ3) is 0.854. The molecule has 4 heteroatoms. The average Bonchev–Trinajstić information content (AvgIpc) is 2.37. The molecule has 78 valence electrons. The molecule has 1 aliphatic heterocycles. The summed E-state index contributed by atoms with van der Waals surface area (Å²) in [5, 5.41) is 9.39. The third-order valence-electron chi connectivity index (χ3n) is 4.94. The highest BCUT2D eigenvalue weighted by molar-refractivity contribution is 6.35. The summed E-state index contributed by atoms with van der Waals surface area (Å²) >= 11 is 0. The maximum atomic E-state index is 9.39. The fraction of sp³-hybridized carbons (Fsp3) is 1.00. The minimum atomic E-state index is -1.000. The van der Waals surface area contributed by atoms with Gasteiger partial charge in [0.2, 0.25) is 0 Å². The van der Waals surface area contributed by atoms with Gasteiger partial charge in [0, 0.05) is 0 Å². The Kier molecular flexibility index (Phi) is 1.55. The van der Waals surface area contributed by atoms with Crippen LogP contribution in [0.1, 0.15) is 33.6 Å². The normalized spacial score (nSPS) is 54.0. The van der Waals surface area contributed by atoms with Gasteiger partial charge in [0.25, 0.3) is 0 Å². The Morgan fingerprint density at radius 2 is 2.00 bits per heavy atom. The summed E-state index contributed by atoms with van der Waals surface area (Å²) in [6.45, 7) is 6.71. The van der Waals surface area contributed by atoms with Crippen molar-refractivity contribution in [3.05, 3.63) is 0 Å². The molecule has 4 atom stereocenters. The smallest absolute Gasteiger partial charge is 0.402 e. The van der Waals surface area contributed by atoms with Crippen LogP contribution in [-0.4, -0.2) is 24.1 Å². The summed E-state index contributed by atoms with van der Waals surface area (Å²) in [7, 11) is -1.000. The van der Waals surface area contributed by atoms with E-state index in [1.54, 1.807) is 0 Å². The first kappa shape index (κ1) is 9.19. The minimum absolute atomic E-state index is 0.106. The Hall–Kier alpha value is -0.0551. The van der Waals surface area contributed by atoms with Crippen molar-refractivity contribution in [1.82, 2.24) is 0 Å². The van der Waals surface area contributed by atoms with Gasteiger partial charge in [0.1, 0.15) is 0 Å². The SMILES string of the molecule is CC1(C)[C@@H]2C[C@H]3OB(O)O[C@@]3(C)[C@H]1C2. The van der Waals surface area contributed by atoms with Crippen LogP contribution in [0.5, 0.6) is 0 Å². The molecule has 1 saturated heterocycles. The van der Waals surface area contributed by atoms with E-state index in [-0.39, 0.29) is 11.7 Å². The highest BCUT2D eigenvalue weighted by atomic mass is 16.7. The molecule has 0 amide bonds. The summed E-state index contributed by atoms with van der Waals surface area (Å²) in [4.78, 5) is 0. The lowest BCUT2D eigenvalue weighted by atomic mass is 9.43. The van der Waals surface area contributed by atoms with E-state index in [9.17, 15) is 5.02 Å². The van der Waals surface area contributed by atoms with E-state index in [0.29, 0.717) is 11.3 Å². The fourth-order valence-corrected chi connectivity index (χ4v) is 3.84. The number of hydrogen-bond donors (Lipinski definition) is 1. The summed E-state index contributed by atoms with van der Waals surface area (Å²) in [5.74, 6) is 1.29. The second-order valence-corrected chi connectivity index (χ2v) is 5.78. The molecule has 2 bridgehead atoms. The quantitative estimate of drug-likeness (QED) is 0.591. The van der Waals surface area contributed by atoms with Crippen molar-refractivity contribution in [3.8, 4) is 0 Å². The zero-order chi connectivity index (χ0) is 10.1. The summed E-state index contributed by atoms with van der Waals surface area (Å²) in [6, 6.07) is 0. The molecular formula is C10H17BO3. The van der Waals surface area contributed by atoms with Crippen LogP contribution in [-0.2, 0) is 9.31 Å². The molecule has 0 aromatic carbocycles. The minimum Gasteiger partial charge on any atom is -0.402 e. The molecule has 0 aromatic heterocycles. The first-order valence-electron chi connectivity index (χ1n) is 5.46. The molecule has 1 heterocycles. The van der Waals surface area contributed by atoms with E-state index in [1.807, 2.05) is 0 Å².